The van der Waals surface area contributed by atoms with Gasteiger partial charge in [-0.15, -0.1) is 10.2 Å². The second kappa shape index (κ2) is 17.0. The van der Waals surface area contributed by atoms with Crippen molar-refractivity contribution in [3.63, 3.8) is 0 Å². The SMILES string of the molecule is CCCCCCCCCCCc1nn(-c2ccc([N+](=O)[O-])cc2)c(Oc2cc(C(N)=O)c(O)c3ccccc23)c1CSc1nnc(CC)o1. The Morgan fingerprint density at radius 2 is 1.65 bits per heavy atom. The monoisotopic (exact) mass is 686 g/mol. The molecule has 2 heterocycles. The van der Waals surface area contributed by atoms with Gasteiger partial charge in [0.15, 0.2) is 0 Å². The number of ether oxygens (including phenoxy) is 1. The molecule has 0 atom stereocenters. The molecule has 0 saturated heterocycles. The predicted octanol–water partition coefficient (Wildman–Crippen LogP) is 8.84. The number of hydrogen-bond donors (Lipinski definition) is 2. The highest BCUT2D eigenvalue weighted by atomic mass is 32.2. The third-order valence-corrected chi connectivity index (χ3v) is 9.23. The van der Waals surface area contributed by atoms with Crippen LogP contribution in [0.4, 0.5) is 5.69 Å². The number of nitro benzene ring substituents is 1. The highest BCUT2D eigenvalue weighted by molar-refractivity contribution is 7.98. The summed E-state index contributed by atoms with van der Waals surface area (Å²) in [6.45, 7) is 4.16. The minimum Gasteiger partial charge on any atom is -0.506 e. The summed E-state index contributed by atoms with van der Waals surface area (Å²) in [6.07, 6.45) is 11.9. The summed E-state index contributed by atoms with van der Waals surface area (Å²) < 4.78 is 14.1. The highest BCUT2D eigenvalue weighted by Gasteiger charge is 2.25. The average molecular weight is 687 g/mol. The van der Waals surface area contributed by atoms with Crippen molar-refractivity contribution in [2.24, 2.45) is 5.73 Å². The van der Waals surface area contributed by atoms with Crippen LogP contribution < -0.4 is 10.5 Å². The molecule has 3 N–H and O–H groups in total. The van der Waals surface area contributed by atoms with E-state index in [1.54, 1.807) is 41.1 Å². The molecule has 0 saturated carbocycles. The molecule has 3 aromatic carbocycles. The number of benzene rings is 3. The zero-order chi connectivity index (χ0) is 34.8. The van der Waals surface area contributed by atoms with Crippen LogP contribution in [0.3, 0.4) is 0 Å². The fourth-order valence-electron chi connectivity index (χ4n) is 5.70. The van der Waals surface area contributed by atoms with Crippen molar-refractivity contribution < 1.29 is 24.0 Å². The molecule has 0 spiro atoms. The summed E-state index contributed by atoms with van der Waals surface area (Å²) in [5, 5.41) is 36.9. The van der Waals surface area contributed by atoms with Crippen LogP contribution in [-0.2, 0) is 18.6 Å². The van der Waals surface area contributed by atoms with Gasteiger partial charge in [0.1, 0.15) is 11.5 Å². The van der Waals surface area contributed by atoms with Crippen LogP contribution in [0, 0.1) is 10.1 Å². The quantitative estimate of drug-likeness (QED) is 0.0370. The Balaban J connectivity index is 1.54. The van der Waals surface area contributed by atoms with Crippen LogP contribution in [0.15, 0.2) is 64.2 Å². The number of nitro groups is 1. The molecule has 0 fully saturated rings. The first-order valence-corrected chi connectivity index (χ1v) is 17.8. The molecule has 0 aliphatic rings. The highest BCUT2D eigenvalue weighted by Crippen LogP contribution is 2.41. The Bertz CT molecular complexity index is 1890. The number of aromatic hydroxyl groups is 1. The van der Waals surface area contributed by atoms with Gasteiger partial charge in [-0.05, 0) is 31.0 Å². The van der Waals surface area contributed by atoms with Crippen LogP contribution in [0.2, 0.25) is 0 Å². The average Bonchev–Trinajstić information content (AvgIpc) is 3.71. The van der Waals surface area contributed by atoms with Crippen molar-refractivity contribution >= 4 is 34.1 Å². The molecular weight excluding hydrogens is 644 g/mol. The number of hydrogen-bond acceptors (Lipinski definition) is 10. The van der Waals surface area contributed by atoms with E-state index in [0.717, 1.165) is 30.5 Å². The number of amides is 1. The predicted molar refractivity (Wildman–Crippen MR) is 189 cm³/mol. The number of aryl methyl sites for hydroxylation is 2. The Hall–Kier alpha value is -4.91. The Morgan fingerprint density at radius 1 is 0.980 bits per heavy atom. The second-order valence-corrected chi connectivity index (χ2v) is 12.8. The number of fused-ring (bicyclic) bond motifs is 1. The first-order valence-electron chi connectivity index (χ1n) is 16.8. The number of carbonyl (C=O) groups is 1. The molecule has 0 radical (unpaired) electrons. The van der Waals surface area contributed by atoms with Gasteiger partial charge < -0.3 is 20.0 Å². The lowest BCUT2D eigenvalue weighted by Gasteiger charge is -2.15. The molecule has 1 amide bonds. The fourth-order valence-corrected chi connectivity index (χ4v) is 6.51. The summed E-state index contributed by atoms with van der Waals surface area (Å²) in [7, 11) is 0. The maximum atomic E-state index is 12.4. The minimum absolute atomic E-state index is 0.0529. The van der Waals surface area contributed by atoms with E-state index in [2.05, 4.69) is 17.1 Å². The molecule has 0 aliphatic heterocycles. The molecule has 2 aromatic heterocycles. The van der Waals surface area contributed by atoms with E-state index in [9.17, 15) is 20.0 Å². The van der Waals surface area contributed by atoms with Gasteiger partial charge in [0.05, 0.1) is 21.9 Å². The first kappa shape index (κ1) is 35.4. The number of phenols is 1. The molecule has 5 rings (SSSR count). The molecular formula is C36H42N6O6S. The number of nitrogens with two attached hydrogens (primary N) is 1. The van der Waals surface area contributed by atoms with Crippen LogP contribution >= 0.6 is 11.8 Å². The molecule has 13 heteroatoms. The Kier molecular flexibility index (Phi) is 12.3. The van der Waals surface area contributed by atoms with E-state index in [4.69, 9.17) is 20.0 Å². The maximum absolute atomic E-state index is 12.4. The molecule has 12 nitrogen and oxygen atoms in total. The number of non-ortho nitro benzene ring substituents is 1. The van der Waals surface area contributed by atoms with Crippen LogP contribution in [0.1, 0.15) is 99.1 Å². The second-order valence-electron chi connectivity index (χ2n) is 11.9. The summed E-state index contributed by atoms with van der Waals surface area (Å²) in [5.74, 6) is 0.515. The van der Waals surface area contributed by atoms with E-state index in [-0.39, 0.29) is 22.7 Å². The molecule has 5 aromatic rings. The maximum Gasteiger partial charge on any atom is 0.276 e. The minimum atomic E-state index is -0.804. The fraction of sp³-hybridized carbons (Fsp3) is 0.389. The van der Waals surface area contributed by atoms with Gasteiger partial charge in [0, 0.05) is 40.6 Å². The Labute approximate surface area is 289 Å². The normalized spacial score (nSPS) is 11.3. The standard InChI is InChI=1S/C36H42N6O6S/c1-3-5-6-7-8-9-10-11-12-17-30-29(23-49-36-39-38-32(4-2)48-36)35(41(40-30)24-18-20-25(21-19-24)42(45)46)47-31-22-28(34(37)44)33(43)27-16-14-13-15-26(27)31/h13-16,18-22,43H,3-12,17,23H2,1-2H3,(H2,37,44). The number of rotatable bonds is 19. The largest absolute Gasteiger partial charge is 0.506 e. The van der Waals surface area contributed by atoms with Crippen molar-refractivity contribution in [2.45, 2.75) is 95.5 Å². The molecule has 0 unspecified atom stereocenters. The molecule has 49 heavy (non-hydrogen) atoms. The lowest BCUT2D eigenvalue weighted by molar-refractivity contribution is -0.384. The van der Waals surface area contributed by atoms with E-state index < -0.39 is 10.8 Å². The van der Waals surface area contributed by atoms with E-state index >= 15 is 0 Å². The summed E-state index contributed by atoms with van der Waals surface area (Å²) >= 11 is 1.36. The van der Waals surface area contributed by atoms with Gasteiger partial charge in [-0.2, -0.15) is 5.10 Å². The van der Waals surface area contributed by atoms with Crippen LogP contribution in [0.5, 0.6) is 17.4 Å². The van der Waals surface area contributed by atoms with Gasteiger partial charge in [-0.25, -0.2) is 4.68 Å². The topological polar surface area (TPSA) is 172 Å². The third kappa shape index (κ3) is 8.77. The summed E-state index contributed by atoms with van der Waals surface area (Å²) in [5.41, 5.74) is 7.64. The van der Waals surface area contributed by atoms with Gasteiger partial charge in [-0.1, -0.05) is 101 Å². The van der Waals surface area contributed by atoms with Crippen molar-refractivity contribution in [1.82, 2.24) is 20.0 Å². The first-order chi connectivity index (χ1) is 23.8. The van der Waals surface area contributed by atoms with Crippen molar-refractivity contribution in [1.29, 1.82) is 0 Å². The number of aromatic nitrogens is 4. The molecule has 258 valence electrons. The molecule has 0 bridgehead atoms. The van der Waals surface area contributed by atoms with Crippen molar-refractivity contribution in [3.8, 4) is 23.1 Å². The Morgan fingerprint density at radius 3 is 2.29 bits per heavy atom. The molecule has 0 aliphatic carbocycles. The van der Waals surface area contributed by atoms with E-state index in [1.807, 2.05) is 6.92 Å². The number of nitrogens with zero attached hydrogens (tertiary/aromatic N) is 5. The van der Waals surface area contributed by atoms with Crippen molar-refractivity contribution in [2.75, 3.05) is 0 Å². The summed E-state index contributed by atoms with van der Waals surface area (Å²) in [4.78, 5) is 23.3. The van der Waals surface area contributed by atoms with Crippen LogP contribution in [0.25, 0.3) is 16.5 Å². The van der Waals surface area contributed by atoms with Gasteiger partial charge in [0.25, 0.3) is 16.8 Å². The lowest BCUT2D eigenvalue weighted by Crippen LogP contribution is -2.11. The number of unbranched alkanes of at least 4 members (excludes halogenated alkanes) is 8. The van der Waals surface area contributed by atoms with Gasteiger partial charge in [-0.3, -0.25) is 14.9 Å². The van der Waals surface area contributed by atoms with E-state index in [0.29, 0.717) is 52.0 Å². The lowest BCUT2D eigenvalue weighted by atomic mass is 10.0. The summed E-state index contributed by atoms with van der Waals surface area (Å²) in [6, 6.07) is 14.5. The smallest absolute Gasteiger partial charge is 0.276 e. The van der Waals surface area contributed by atoms with Gasteiger partial charge >= 0.3 is 0 Å². The van der Waals surface area contributed by atoms with Crippen LogP contribution in [-0.4, -0.2) is 35.9 Å². The zero-order valence-corrected chi connectivity index (χ0v) is 28.7. The zero-order valence-electron chi connectivity index (χ0n) is 27.9. The van der Waals surface area contributed by atoms with E-state index in [1.165, 1.54) is 68.5 Å². The number of primary amides is 1. The number of thioether (sulfide) groups is 1. The third-order valence-electron chi connectivity index (χ3n) is 8.38. The van der Waals surface area contributed by atoms with Gasteiger partial charge in [0.2, 0.25) is 11.8 Å². The van der Waals surface area contributed by atoms with Crippen molar-refractivity contribution in [3.05, 3.63) is 87.4 Å². The number of carbonyl (C=O) groups excluding carboxylic acids is 1.